The van der Waals surface area contributed by atoms with Crippen molar-refractivity contribution in [3.63, 3.8) is 0 Å². The Morgan fingerprint density at radius 1 is 0.286 bits per heavy atom. The molecule has 404 valence electrons. The van der Waals surface area contributed by atoms with Crippen molar-refractivity contribution in [3.8, 4) is 0 Å². The molecule has 1 unspecified atom stereocenters. The fourth-order valence-electron chi connectivity index (χ4n) is 8.37. The topological polar surface area (TPSA) is 78.9 Å². The monoisotopic (exact) mass is 977 g/mol. The highest BCUT2D eigenvalue weighted by Crippen LogP contribution is 2.15. The molecule has 0 radical (unpaired) electrons. The van der Waals surface area contributed by atoms with Crippen LogP contribution in [0.15, 0.2) is 72.9 Å². The van der Waals surface area contributed by atoms with Gasteiger partial charge in [-0.3, -0.25) is 14.4 Å². The molecule has 0 bridgehead atoms. The molecule has 0 aliphatic carbocycles. The van der Waals surface area contributed by atoms with E-state index >= 15 is 0 Å². The minimum atomic E-state index is -0.809. The Balaban J connectivity index is 4.46. The summed E-state index contributed by atoms with van der Waals surface area (Å²) in [5.41, 5.74) is 0. The van der Waals surface area contributed by atoms with Crippen LogP contribution in [0.5, 0.6) is 0 Å². The highest BCUT2D eigenvalue weighted by Gasteiger charge is 2.19. The fourth-order valence-corrected chi connectivity index (χ4v) is 8.37. The van der Waals surface area contributed by atoms with E-state index in [1.165, 1.54) is 180 Å². The average molecular weight is 978 g/mol. The normalized spacial score (nSPS) is 12.6. The van der Waals surface area contributed by atoms with Crippen molar-refractivity contribution in [3.05, 3.63) is 72.9 Å². The van der Waals surface area contributed by atoms with Gasteiger partial charge in [-0.15, -0.1) is 0 Å². The van der Waals surface area contributed by atoms with Crippen molar-refractivity contribution in [2.45, 2.75) is 303 Å². The van der Waals surface area contributed by atoms with Crippen LogP contribution >= 0.6 is 0 Å². The molecule has 0 heterocycles. The molecule has 0 saturated heterocycles. The summed E-state index contributed by atoms with van der Waals surface area (Å²) in [6.45, 7) is 6.58. The molecule has 0 aromatic heterocycles. The predicted octanol–water partition coefficient (Wildman–Crippen LogP) is 20.2. The van der Waals surface area contributed by atoms with E-state index in [0.29, 0.717) is 19.3 Å². The molecule has 0 rings (SSSR count). The first-order valence-electron chi connectivity index (χ1n) is 29.9. The number of esters is 3. The quantitative estimate of drug-likeness (QED) is 0.0261. The highest BCUT2D eigenvalue weighted by molar-refractivity contribution is 5.71. The number of hydrogen-bond donors (Lipinski definition) is 0. The molecule has 0 spiro atoms. The lowest BCUT2D eigenvalue weighted by Gasteiger charge is -2.18. The maximum Gasteiger partial charge on any atom is 0.306 e. The molecule has 0 N–H and O–H groups in total. The van der Waals surface area contributed by atoms with E-state index in [-0.39, 0.29) is 37.5 Å². The minimum Gasteiger partial charge on any atom is -0.462 e. The van der Waals surface area contributed by atoms with E-state index in [4.69, 9.17) is 14.2 Å². The lowest BCUT2D eigenvalue weighted by atomic mass is 10.1. The first-order valence-corrected chi connectivity index (χ1v) is 29.9. The minimum absolute atomic E-state index is 0.101. The molecule has 0 saturated carbocycles. The second-order valence-corrected chi connectivity index (χ2v) is 19.9. The number of carbonyl (C=O) groups excluding carboxylic acids is 3. The van der Waals surface area contributed by atoms with Crippen LogP contribution in [0.4, 0.5) is 0 Å². The van der Waals surface area contributed by atoms with Crippen molar-refractivity contribution in [1.29, 1.82) is 0 Å². The lowest BCUT2D eigenvalue weighted by Crippen LogP contribution is -2.30. The summed E-state index contributed by atoms with van der Waals surface area (Å²) in [5, 5.41) is 0. The number of unbranched alkanes of at least 4 members (excludes halogenated alkanes) is 31. The van der Waals surface area contributed by atoms with Gasteiger partial charge in [0.05, 0.1) is 0 Å². The van der Waals surface area contributed by atoms with E-state index < -0.39 is 6.10 Å². The second kappa shape index (κ2) is 58.4. The summed E-state index contributed by atoms with van der Waals surface area (Å²) in [5.74, 6) is -0.961. The molecule has 0 aromatic rings. The van der Waals surface area contributed by atoms with Gasteiger partial charge < -0.3 is 14.2 Å². The maximum atomic E-state index is 12.8. The molecule has 70 heavy (non-hydrogen) atoms. The summed E-state index contributed by atoms with van der Waals surface area (Å²) in [7, 11) is 0. The van der Waals surface area contributed by atoms with Crippen LogP contribution in [0.3, 0.4) is 0 Å². The van der Waals surface area contributed by atoms with Crippen LogP contribution in [0.1, 0.15) is 297 Å². The van der Waals surface area contributed by atoms with Crippen molar-refractivity contribution in [1.82, 2.24) is 0 Å². The summed E-state index contributed by atoms with van der Waals surface area (Å²) in [6, 6.07) is 0. The van der Waals surface area contributed by atoms with E-state index in [9.17, 15) is 14.4 Å². The molecule has 6 heteroatoms. The Hall–Kier alpha value is -3.15. The summed E-state index contributed by atoms with van der Waals surface area (Å²) >= 11 is 0. The van der Waals surface area contributed by atoms with Gasteiger partial charge in [0.15, 0.2) is 6.10 Å². The Kier molecular flexibility index (Phi) is 55.8. The van der Waals surface area contributed by atoms with Gasteiger partial charge in [-0.25, -0.2) is 0 Å². The molecule has 0 aromatic carbocycles. The predicted molar refractivity (Wildman–Crippen MR) is 302 cm³/mol. The number of ether oxygens (including phenoxy) is 3. The molecule has 1 atom stereocenters. The second-order valence-electron chi connectivity index (χ2n) is 19.9. The van der Waals surface area contributed by atoms with Crippen molar-refractivity contribution in [2.24, 2.45) is 0 Å². The van der Waals surface area contributed by atoms with Gasteiger partial charge >= 0.3 is 17.9 Å². The zero-order valence-corrected chi connectivity index (χ0v) is 46.3. The number of hydrogen-bond acceptors (Lipinski definition) is 6. The third-order valence-electron chi connectivity index (χ3n) is 12.9. The van der Waals surface area contributed by atoms with Gasteiger partial charge in [-0.1, -0.05) is 241 Å². The first kappa shape index (κ1) is 66.9. The molecule has 6 nitrogen and oxygen atoms in total. The van der Waals surface area contributed by atoms with Crippen LogP contribution in [0, 0.1) is 0 Å². The lowest BCUT2D eigenvalue weighted by molar-refractivity contribution is -0.167. The Labute approximate surface area is 433 Å². The van der Waals surface area contributed by atoms with Gasteiger partial charge in [0.2, 0.25) is 0 Å². The van der Waals surface area contributed by atoms with Gasteiger partial charge in [0.25, 0.3) is 0 Å². The molecule has 0 fully saturated rings. The molecular weight excluding hydrogens is 865 g/mol. The Morgan fingerprint density at radius 3 is 0.886 bits per heavy atom. The van der Waals surface area contributed by atoms with Crippen LogP contribution in [0.2, 0.25) is 0 Å². The van der Waals surface area contributed by atoms with E-state index in [1.54, 1.807) is 0 Å². The van der Waals surface area contributed by atoms with Crippen LogP contribution in [-0.2, 0) is 28.6 Å². The average Bonchev–Trinajstić information content (AvgIpc) is 3.36. The molecule has 0 amide bonds. The van der Waals surface area contributed by atoms with E-state index in [2.05, 4.69) is 93.7 Å². The van der Waals surface area contributed by atoms with Crippen LogP contribution in [-0.4, -0.2) is 37.2 Å². The number of allylic oxidation sites excluding steroid dienone is 12. The van der Waals surface area contributed by atoms with Crippen molar-refractivity contribution in [2.75, 3.05) is 13.2 Å². The molecule has 0 aliphatic heterocycles. The first-order chi connectivity index (χ1) is 34.5. The highest BCUT2D eigenvalue weighted by atomic mass is 16.6. The zero-order valence-electron chi connectivity index (χ0n) is 46.3. The van der Waals surface area contributed by atoms with Gasteiger partial charge in [-0.2, -0.15) is 0 Å². The van der Waals surface area contributed by atoms with Crippen LogP contribution in [0.25, 0.3) is 0 Å². The standard InChI is InChI=1S/C64H112O6/c1-4-7-10-13-16-19-22-25-28-31-32-34-36-39-42-45-48-51-54-57-63(66)69-60-61(59-68-62(65)56-53-50-47-44-41-38-35-30-27-24-21-18-15-12-9-6-3)70-64(67)58-55-52-49-46-43-40-37-33-29-26-23-20-17-14-11-8-5-2/h17,20,26,29-32,35,37,40,46,49,61H,4-16,18-19,21-25,27-28,33-34,36,38-39,41-45,47-48,50-60H2,1-3H3/b20-17-,29-26-,32-31-,35-30-,40-37-,49-46-. The summed E-state index contributed by atoms with van der Waals surface area (Å²) in [4.78, 5) is 38.2. The largest absolute Gasteiger partial charge is 0.462 e. The van der Waals surface area contributed by atoms with E-state index in [0.717, 1.165) is 70.6 Å². The summed E-state index contributed by atoms with van der Waals surface area (Å²) < 4.78 is 16.8. The maximum absolute atomic E-state index is 12.8. The van der Waals surface area contributed by atoms with Crippen LogP contribution < -0.4 is 0 Å². The third-order valence-corrected chi connectivity index (χ3v) is 12.9. The van der Waals surface area contributed by atoms with Crippen molar-refractivity contribution < 1.29 is 28.6 Å². The number of rotatable bonds is 54. The van der Waals surface area contributed by atoms with E-state index in [1.807, 2.05) is 0 Å². The Morgan fingerprint density at radius 2 is 0.529 bits per heavy atom. The zero-order chi connectivity index (χ0) is 50.7. The molecular formula is C64H112O6. The fraction of sp³-hybridized carbons (Fsp3) is 0.766. The summed E-state index contributed by atoms with van der Waals surface area (Å²) in [6.07, 6.45) is 74.7. The van der Waals surface area contributed by atoms with Gasteiger partial charge in [0, 0.05) is 19.3 Å². The van der Waals surface area contributed by atoms with Gasteiger partial charge in [0.1, 0.15) is 13.2 Å². The number of carbonyl (C=O) groups is 3. The third kappa shape index (κ3) is 55.8. The Bertz CT molecular complexity index is 1310. The van der Waals surface area contributed by atoms with Gasteiger partial charge in [-0.05, 0) is 109 Å². The SMILES string of the molecule is CCCCC/C=C\C/C=C\C/C=C\C/C=C\CCCC(=O)OC(COC(=O)CCCCCCC/C=C\CCCCCCCCC)COC(=O)CCCCCCCCC/C=C\CCCCCCCCCC. The van der Waals surface area contributed by atoms with Crippen molar-refractivity contribution >= 4 is 17.9 Å². The smallest absolute Gasteiger partial charge is 0.306 e. The molecule has 0 aliphatic rings.